The van der Waals surface area contributed by atoms with Crippen molar-refractivity contribution in [1.82, 2.24) is 4.98 Å². The van der Waals surface area contributed by atoms with Gasteiger partial charge < -0.3 is 9.47 Å². The Hall–Kier alpha value is -3.74. The average Bonchev–Trinajstić information content (AvgIpc) is 2.66. The summed E-state index contributed by atoms with van der Waals surface area (Å²) in [6.07, 6.45) is 4.23. The maximum Gasteiger partial charge on any atom is 0.336 e. The van der Waals surface area contributed by atoms with Crippen molar-refractivity contribution < 1.29 is 19.2 Å². The van der Waals surface area contributed by atoms with Crippen LogP contribution in [0.3, 0.4) is 0 Å². The molecule has 0 saturated heterocycles. The summed E-state index contributed by atoms with van der Waals surface area (Å²) >= 11 is 0. The van der Waals surface area contributed by atoms with Gasteiger partial charge in [0.05, 0.1) is 12.0 Å². The van der Waals surface area contributed by atoms with Gasteiger partial charge in [0, 0.05) is 23.7 Å². The van der Waals surface area contributed by atoms with E-state index in [1.165, 1.54) is 18.3 Å². The highest BCUT2D eigenvalue weighted by Crippen LogP contribution is 2.34. The number of esters is 1. The molecule has 3 rings (SSSR count). The third-order valence-corrected chi connectivity index (χ3v) is 3.63. The predicted molar refractivity (Wildman–Crippen MR) is 96.1 cm³/mol. The summed E-state index contributed by atoms with van der Waals surface area (Å²) in [5.74, 6) is -0.207. The van der Waals surface area contributed by atoms with Crippen molar-refractivity contribution in [3.63, 3.8) is 0 Å². The van der Waals surface area contributed by atoms with Gasteiger partial charge in [0.15, 0.2) is 0 Å². The van der Waals surface area contributed by atoms with Crippen LogP contribution in [0.2, 0.25) is 0 Å². The van der Waals surface area contributed by atoms with Crippen molar-refractivity contribution in [3.05, 3.63) is 76.5 Å². The molecule has 0 bridgehead atoms. The molecular weight excluding hydrogens is 336 g/mol. The molecule has 0 aliphatic carbocycles. The number of nitro groups is 1. The fourth-order valence-corrected chi connectivity index (χ4v) is 2.37. The van der Waals surface area contributed by atoms with Crippen molar-refractivity contribution in [2.24, 2.45) is 0 Å². The summed E-state index contributed by atoms with van der Waals surface area (Å²) in [6.45, 7) is 0. The highest BCUT2D eigenvalue weighted by Gasteiger charge is 2.21. The highest BCUT2D eigenvalue weighted by molar-refractivity contribution is 5.94. The van der Waals surface area contributed by atoms with Crippen LogP contribution in [0.5, 0.6) is 11.5 Å². The lowest BCUT2D eigenvalue weighted by Gasteiger charge is -2.06. The first-order valence-corrected chi connectivity index (χ1v) is 7.64. The van der Waals surface area contributed by atoms with Crippen LogP contribution < -0.4 is 9.47 Å². The molecule has 0 spiro atoms. The molecule has 0 saturated carbocycles. The molecular formula is C19H14N2O5. The van der Waals surface area contributed by atoms with Gasteiger partial charge in [-0.15, -0.1) is 0 Å². The molecule has 1 heterocycles. The standard InChI is InChI=1S/C19H14N2O5/c1-25-15-8-4-13(5-9-15)6-11-17(22)26-19-16(21(23)24)10-7-14-3-2-12-20-18(14)19/h2-12H,1H3/b11-6+. The maximum atomic E-state index is 12.1. The molecule has 0 unspecified atom stereocenters. The average molecular weight is 350 g/mol. The quantitative estimate of drug-likeness (QED) is 0.229. The van der Waals surface area contributed by atoms with E-state index in [9.17, 15) is 14.9 Å². The minimum atomic E-state index is -0.734. The van der Waals surface area contributed by atoms with Gasteiger partial charge in [-0.25, -0.2) is 4.79 Å². The molecule has 3 aromatic rings. The van der Waals surface area contributed by atoms with Crippen molar-refractivity contribution in [3.8, 4) is 11.5 Å². The van der Waals surface area contributed by atoms with Crippen LogP contribution in [0.1, 0.15) is 5.56 Å². The second-order valence-corrected chi connectivity index (χ2v) is 5.27. The van der Waals surface area contributed by atoms with Crippen LogP contribution in [0.4, 0.5) is 5.69 Å². The summed E-state index contributed by atoms with van der Waals surface area (Å²) in [5, 5.41) is 11.9. The van der Waals surface area contributed by atoms with Crippen LogP contribution >= 0.6 is 0 Å². The van der Waals surface area contributed by atoms with Gasteiger partial charge in [-0.1, -0.05) is 18.2 Å². The predicted octanol–water partition coefficient (Wildman–Crippen LogP) is 3.77. The van der Waals surface area contributed by atoms with Crippen LogP contribution in [-0.2, 0) is 4.79 Å². The maximum absolute atomic E-state index is 12.1. The Labute approximate surface area is 148 Å². The third kappa shape index (κ3) is 3.67. The fraction of sp³-hybridized carbons (Fsp3) is 0.0526. The number of nitrogens with zero attached hydrogens (tertiary/aromatic N) is 2. The summed E-state index contributed by atoms with van der Waals surface area (Å²) in [6, 6.07) is 13.3. The topological polar surface area (TPSA) is 91.6 Å². The monoisotopic (exact) mass is 350 g/mol. The zero-order valence-electron chi connectivity index (χ0n) is 13.8. The number of hydrogen-bond donors (Lipinski definition) is 0. The van der Waals surface area contributed by atoms with E-state index in [4.69, 9.17) is 9.47 Å². The molecule has 0 aliphatic rings. The van der Waals surface area contributed by atoms with Crippen molar-refractivity contribution in [2.75, 3.05) is 7.11 Å². The molecule has 130 valence electrons. The molecule has 0 aliphatic heterocycles. The zero-order valence-corrected chi connectivity index (χ0v) is 13.8. The smallest absolute Gasteiger partial charge is 0.336 e. The third-order valence-electron chi connectivity index (χ3n) is 3.63. The van der Waals surface area contributed by atoms with Gasteiger partial charge in [-0.2, -0.15) is 0 Å². The van der Waals surface area contributed by atoms with E-state index in [2.05, 4.69) is 4.98 Å². The molecule has 0 amide bonds. The number of nitro benzene ring substituents is 1. The minimum Gasteiger partial charge on any atom is -0.497 e. The second-order valence-electron chi connectivity index (χ2n) is 5.27. The van der Waals surface area contributed by atoms with Gasteiger partial charge in [0.1, 0.15) is 11.3 Å². The van der Waals surface area contributed by atoms with E-state index in [-0.39, 0.29) is 17.0 Å². The minimum absolute atomic E-state index is 0.169. The molecule has 0 radical (unpaired) electrons. The number of carbonyl (C=O) groups excluding carboxylic acids is 1. The number of ether oxygens (including phenoxy) is 2. The number of methoxy groups -OCH3 is 1. The second kappa shape index (κ2) is 7.43. The molecule has 0 atom stereocenters. The largest absolute Gasteiger partial charge is 0.497 e. The lowest BCUT2D eigenvalue weighted by Crippen LogP contribution is -2.07. The van der Waals surface area contributed by atoms with Gasteiger partial charge in [-0.05, 0) is 35.9 Å². The number of hydrogen-bond acceptors (Lipinski definition) is 6. The van der Waals surface area contributed by atoms with Gasteiger partial charge in [0.2, 0.25) is 5.75 Å². The van der Waals surface area contributed by atoms with E-state index >= 15 is 0 Å². The Morgan fingerprint density at radius 2 is 1.92 bits per heavy atom. The lowest BCUT2D eigenvalue weighted by molar-refractivity contribution is -0.385. The van der Waals surface area contributed by atoms with Gasteiger partial charge in [0.25, 0.3) is 0 Å². The van der Waals surface area contributed by atoms with Crippen molar-refractivity contribution >= 4 is 28.6 Å². The molecule has 1 aromatic heterocycles. The Balaban J connectivity index is 1.87. The Morgan fingerprint density at radius 1 is 1.15 bits per heavy atom. The first-order valence-electron chi connectivity index (χ1n) is 7.64. The van der Waals surface area contributed by atoms with Crippen LogP contribution in [0.15, 0.2) is 60.8 Å². The first kappa shape index (κ1) is 17.1. The SMILES string of the molecule is COc1ccc(/C=C/C(=O)Oc2c([N+](=O)[O-])ccc3cccnc23)cc1. The molecule has 26 heavy (non-hydrogen) atoms. The van der Waals surface area contributed by atoms with Crippen LogP contribution in [-0.4, -0.2) is 23.0 Å². The molecule has 7 heteroatoms. The van der Waals surface area contributed by atoms with E-state index in [1.54, 1.807) is 55.7 Å². The molecule has 0 N–H and O–H groups in total. The summed E-state index contributed by atoms with van der Waals surface area (Å²) in [5.41, 5.74) is 0.698. The Kier molecular flexibility index (Phi) is 4.89. The first-order chi connectivity index (χ1) is 12.6. The number of benzene rings is 2. The lowest BCUT2D eigenvalue weighted by atomic mass is 10.2. The van der Waals surface area contributed by atoms with Crippen LogP contribution in [0, 0.1) is 10.1 Å². The van der Waals surface area contributed by atoms with Crippen molar-refractivity contribution in [1.29, 1.82) is 0 Å². The molecule has 0 fully saturated rings. The molecule has 2 aromatic carbocycles. The van der Waals surface area contributed by atoms with E-state index in [1.807, 2.05) is 0 Å². The Morgan fingerprint density at radius 3 is 2.62 bits per heavy atom. The zero-order chi connectivity index (χ0) is 18.5. The summed E-state index contributed by atoms with van der Waals surface area (Å²) in [4.78, 5) is 26.9. The summed E-state index contributed by atoms with van der Waals surface area (Å²) in [7, 11) is 1.56. The van der Waals surface area contributed by atoms with E-state index in [0.717, 1.165) is 5.56 Å². The highest BCUT2D eigenvalue weighted by atomic mass is 16.6. The summed E-state index contributed by atoms with van der Waals surface area (Å²) < 4.78 is 10.3. The normalized spacial score (nSPS) is 10.8. The Bertz CT molecular complexity index is 996. The number of rotatable bonds is 5. The van der Waals surface area contributed by atoms with E-state index < -0.39 is 10.9 Å². The number of aromatic nitrogens is 1. The van der Waals surface area contributed by atoms with Crippen molar-refractivity contribution in [2.45, 2.75) is 0 Å². The number of pyridine rings is 1. The number of carbonyl (C=O) groups is 1. The van der Waals surface area contributed by atoms with E-state index in [0.29, 0.717) is 11.1 Å². The molecule has 7 nitrogen and oxygen atoms in total. The number of fused-ring (bicyclic) bond motifs is 1. The van der Waals surface area contributed by atoms with Gasteiger partial charge >= 0.3 is 11.7 Å². The van der Waals surface area contributed by atoms with Gasteiger partial charge in [-0.3, -0.25) is 15.1 Å². The van der Waals surface area contributed by atoms with Crippen LogP contribution in [0.25, 0.3) is 17.0 Å². The fourth-order valence-electron chi connectivity index (χ4n) is 2.37.